The molecule has 17 heavy (non-hydrogen) atoms. The highest BCUT2D eigenvalue weighted by Crippen LogP contribution is 2.17. The summed E-state index contributed by atoms with van der Waals surface area (Å²) in [6.07, 6.45) is 3.15. The van der Waals surface area contributed by atoms with E-state index < -0.39 is 17.9 Å². The van der Waals surface area contributed by atoms with Gasteiger partial charge in [-0.05, 0) is 19.8 Å². The molecule has 0 N–H and O–H groups in total. The summed E-state index contributed by atoms with van der Waals surface area (Å²) in [4.78, 5) is 27.3. The van der Waals surface area contributed by atoms with Gasteiger partial charge in [0.25, 0.3) is 0 Å². The molecule has 1 unspecified atom stereocenters. The van der Waals surface area contributed by atoms with Gasteiger partial charge < -0.3 is 9.47 Å². The Balaban J connectivity index is 2.99. The Morgan fingerprint density at radius 3 is 2.65 bits per heavy atom. The van der Waals surface area contributed by atoms with Crippen LogP contribution in [0.1, 0.15) is 19.8 Å². The van der Waals surface area contributed by atoms with Gasteiger partial charge in [0.15, 0.2) is 0 Å². The molecular weight excluding hydrogens is 222 g/mol. The van der Waals surface area contributed by atoms with Crippen LogP contribution in [-0.2, 0) is 19.1 Å². The molecule has 1 aliphatic rings. The molecule has 0 aliphatic carbocycles. The quantitative estimate of drug-likeness (QED) is 0.535. The zero-order valence-corrected chi connectivity index (χ0v) is 10.4. The molecule has 94 valence electrons. The zero-order valence-electron chi connectivity index (χ0n) is 10.4. The fraction of sp³-hybridized carbons (Fsp3) is 0.583. The molecule has 0 bridgehead atoms. The maximum absolute atomic E-state index is 11.6. The van der Waals surface area contributed by atoms with Crippen molar-refractivity contribution in [2.75, 3.05) is 20.8 Å². The first kappa shape index (κ1) is 13.4. The molecule has 0 spiro atoms. The van der Waals surface area contributed by atoms with Crippen LogP contribution >= 0.6 is 0 Å². The van der Waals surface area contributed by atoms with Crippen LogP contribution in [0.4, 0.5) is 0 Å². The van der Waals surface area contributed by atoms with Crippen LogP contribution in [0.25, 0.3) is 0 Å². The lowest BCUT2D eigenvalue weighted by atomic mass is 9.96. The van der Waals surface area contributed by atoms with E-state index in [1.807, 2.05) is 13.0 Å². The van der Waals surface area contributed by atoms with Crippen LogP contribution in [0.5, 0.6) is 0 Å². The molecule has 0 aromatic rings. The normalized spacial score (nSPS) is 23.6. The van der Waals surface area contributed by atoms with E-state index in [1.165, 1.54) is 14.2 Å². The molecular formula is C12H17NO4. The summed E-state index contributed by atoms with van der Waals surface area (Å²) in [5.41, 5.74) is 1.31. The fourth-order valence-corrected chi connectivity index (χ4v) is 1.66. The van der Waals surface area contributed by atoms with Crippen molar-refractivity contribution in [3.8, 4) is 0 Å². The zero-order chi connectivity index (χ0) is 12.8. The van der Waals surface area contributed by atoms with Crippen molar-refractivity contribution in [3.63, 3.8) is 0 Å². The molecule has 0 saturated heterocycles. The Labute approximate surface area is 101 Å². The third-order valence-electron chi connectivity index (χ3n) is 2.70. The molecule has 0 amide bonds. The lowest BCUT2D eigenvalue weighted by molar-refractivity contribution is -0.144. The third-order valence-corrected chi connectivity index (χ3v) is 2.70. The Bertz CT molecular complexity index is 371. The number of carbonyl (C=O) groups is 2. The number of ether oxygens (including phenoxy) is 2. The summed E-state index contributed by atoms with van der Waals surface area (Å²) in [6, 6.07) is 0. The van der Waals surface area contributed by atoms with Crippen LogP contribution in [0, 0.1) is 5.92 Å². The Kier molecular flexibility index (Phi) is 4.87. The molecule has 0 fully saturated rings. The van der Waals surface area contributed by atoms with Crippen LogP contribution in [0.15, 0.2) is 16.6 Å². The largest absolute Gasteiger partial charge is 0.468 e. The second-order valence-corrected chi connectivity index (χ2v) is 3.87. The Hall–Kier alpha value is -1.65. The van der Waals surface area contributed by atoms with Crippen molar-refractivity contribution in [2.24, 2.45) is 10.9 Å². The van der Waals surface area contributed by atoms with Crippen LogP contribution in [0.2, 0.25) is 0 Å². The summed E-state index contributed by atoms with van der Waals surface area (Å²) in [6.45, 7) is 2.47. The second kappa shape index (κ2) is 6.18. The molecule has 5 heteroatoms. The van der Waals surface area contributed by atoms with Gasteiger partial charge in [-0.15, -0.1) is 0 Å². The molecule has 0 aromatic carbocycles. The molecule has 0 saturated carbocycles. The average molecular weight is 239 g/mol. The predicted molar refractivity (Wildman–Crippen MR) is 62.8 cm³/mol. The molecule has 1 rings (SSSR count). The minimum Gasteiger partial charge on any atom is -0.468 e. The second-order valence-electron chi connectivity index (χ2n) is 3.87. The minimum atomic E-state index is -0.664. The predicted octanol–water partition coefficient (Wildman–Crippen LogP) is 1.13. The number of carbonyl (C=O) groups excluding carboxylic acids is 2. The number of hydrogen-bond acceptors (Lipinski definition) is 5. The smallest absolute Gasteiger partial charge is 0.352 e. The van der Waals surface area contributed by atoms with Crippen molar-refractivity contribution in [2.45, 2.75) is 19.8 Å². The van der Waals surface area contributed by atoms with Gasteiger partial charge in [0.1, 0.15) is 11.6 Å². The van der Waals surface area contributed by atoms with Gasteiger partial charge in [-0.2, -0.15) is 0 Å². The van der Waals surface area contributed by atoms with E-state index in [0.29, 0.717) is 13.0 Å². The Morgan fingerprint density at radius 2 is 2.06 bits per heavy atom. The summed E-state index contributed by atoms with van der Waals surface area (Å²) in [5.74, 6) is -1.68. The fourth-order valence-electron chi connectivity index (χ4n) is 1.66. The SMILES string of the molecule is COC(=O)C1=NCC/C(C)=C\CC1C(=O)OC. The summed E-state index contributed by atoms with van der Waals surface area (Å²) < 4.78 is 9.33. The summed E-state index contributed by atoms with van der Waals surface area (Å²) in [5, 5.41) is 0. The lowest BCUT2D eigenvalue weighted by Gasteiger charge is -2.16. The minimum absolute atomic E-state index is 0.156. The molecule has 0 aromatic heterocycles. The van der Waals surface area contributed by atoms with Gasteiger partial charge >= 0.3 is 11.9 Å². The van der Waals surface area contributed by atoms with Crippen LogP contribution in [-0.4, -0.2) is 38.4 Å². The van der Waals surface area contributed by atoms with E-state index in [0.717, 1.165) is 12.0 Å². The number of aliphatic imine (C=N–C) groups is 1. The van der Waals surface area contributed by atoms with Gasteiger partial charge in [0.05, 0.1) is 14.2 Å². The van der Waals surface area contributed by atoms with E-state index >= 15 is 0 Å². The van der Waals surface area contributed by atoms with E-state index in [4.69, 9.17) is 0 Å². The van der Waals surface area contributed by atoms with Crippen molar-refractivity contribution in [3.05, 3.63) is 11.6 Å². The average Bonchev–Trinajstić information content (AvgIpc) is 2.32. The maximum atomic E-state index is 11.6. The first-order chi connectivity index (χ1) is 8.10. The van der Waals surface area contributed by atoms with Crippen molar-refractivity contribution in [1.82, 2.24) is 0 Å². The first-order valence-corrected chi connectivity index (χ1v) is 5.46. The third kappa shape index (κ3) is 3.41. The molecule has 1 heterocycles. The van der Waals surface area contributed by atoms with E-state index in [-0.39, 0.29) is 5.71 Å². The lowest BCUT2D eigenvalue weighted by Crippen LogP contribution is -2.32. The molecule has 1 aliphatic heterocycles. The highest BCUT2D eigenvalue weighted by atomic mass is 16.5. The number of esters is 2. The Morgan fingerprint density at radius 1 is 1.35 bits per heavy atom. The molecule has 5 nitrogen and oxygen atoms in total. The monoisotopic (exact) mass is 239 g/mol. The summed E-state index contributed by atoms with van der Waals surface area (Å²) in [7, 11) is 2.58. The van der Waals surface area contributed by atoms with E-state index in [1.54, 1.807) is 0 Å². The number of rotatable bonds is 2. The van der Waals surface area contributed by atoms with Crippen molar-refractivity contribution < 1.29 is 19.1 Å². The van der Waals surface area contributed by atoms with E-state index in [2.05, 4.69) is 14.5 Å². The van der Waals surface area contributed by atoms with Crippen molar-refractivity contribution in [1.29, 1.82) is 0 Å². The first-order valence-electron chi connectivity index (χ1n) is 5.46. The number of allylic oxidation sites excluding steroid dienone is 1. The van der Waals surface area contributed by atoms with Gasteiger partial charge in [0.2, 0.25) is 0 Å². The molecule has 0 radical (unpaired) electrons. The maximum Gasteiger partial charge on any atom is 0.352 e. The number of nitrogens with zero attached hydrogens (tertiary/aromatic N) is 1. The summed E-state index contributed by atoms with van der Waals surface area (Å²) >= 11 is 0. The van der Waals surface area contributed by atoms with Gasteiger partial charge in [-0.25, -0.2) is 4.79 Å². The van der Waals surface area contributed by atoms with Crippen molar-refractivity contribution >= 4 is 17.7 Å². The van der Waals surface area contributed by atoms with Crippen LogP contribution < -0.4 is 0 Å². The topological polar surface area (TPSA) is 65.0 Å². The molecule has 1 atom stereocenters. The van der Waals surface area contributed by atoms with Crippen LogP contribution in [0.3, 0.4) is 0 Å². The highest BCUT2D eigenvalue weighted by molar-refractivity contribution is 6.40. The highest BCUT2D eigenvalue weighted by Gasteiger charge is 2.30. The van der Waals surface area contributed by atoms with Gasteiger partial charge in [-0.3, -0.25) is 9.79 Å². The standard InChI is InChI=1S/C12H17NO4/c1-8-4-5-9(11(14)16-2)10(12(15)17-3)13-7-6-8/h4,9H,5-7H2,1-3H3/b8-4-,13-10?. The van der Waals surface area contributed by atoms with E-state index in [9.17, 15) is 9.59 Å². The van der Waals surface area contributed by atoms with Gasteiger partial charge in [-0.1, -0.05) is 11.6 Å². The van der Waals surface area contributed by atoms with Gasteiger partial charge in [0, 0.05) is 6.54 Å². The number of methoxy groups -OCH3 is 2. The number of hydrogen-bond donors (Lipinski definition) is 0.